The van der Waals surface area contributed by atoms with Crippen LogP contribution in [0.1, 0.15) is 15.4 Å². The Morgan fingerprint density at radius 1 is 1.40 bits per heavy atom. The van der Waals surface area contributed by atoms with E-state index in [4.69, 9.17) is 0 Å². The standard InChI is InChI=1S/C10H7BrN2OS/c11-10-2-1-7(15-10)5-9(14)8-6-12-3-4-13-8/h1-4,6H,5H2. The van der Waals surface area contributed by atoms with Crippen LogP contribution >= 0.6 is 27.3 Å². The molecule has 2 aromatic heterocycles. The van der Waals surface area contributed by atoms with Gasteiger partial charge in [0.15, 0.2) is 5.78 Å². The van der Waals surface area contributed by atoms with Crippen molar-refractivity contribution in [2.45, 2.75) is 6.42 Å². The number of rotatable bonds is 3. The lowest BCUT2D eigenvalue weighted by atomic mass is 10.2. The van der Waals surface area contributed by atoms with E-state index >= 15 is 0 Å². The van der Waals surface area contributed by atoms with Crippen LogP contribution in [0.4, 0.5) is 0 Å². The number of halogens is 1. The average molecular weight is 283 g/mol. The smallest absolute Gasteiger partial charge is 0.187 e. The summed E-state index contributed by atoms with van der Waals surface area (Å²) in [5, 5.41) is 0. The maximum absolute atomic E-state index is 11.7. The van der Waals surface area contributed by atoms with Crippen LogP contribution in [0, 0.1) is 0 Å². The topological polar surface area (TPSA) is 42.9 Å². The van der Waals surface area contributed by atoms with Gasteiger partial charge in [-0.15, -0.1) is 11.3 Å². The molecule has 0 atom stereocenters. The quantitative estimate of drug-likeness (QED) is 0.813. The van der Waals surface area contributed by atoms with E-state index in [0.717, 1.165) is 8.66 Å². The zero-order valence-electron chi connectivity index (χ0n) is 7.68. The van der Waals surface area contributed by atoms with E-state index in [-0.39, 0.29) is 5.78 Å². The lowest BCUT2D eigenvalue weighted by Gasteiger charge is -1.96. The van der Waals surface area contributed by atoms with Crippen molar-refractivity contribution in [3.05, 3.63) is 45.1 Å². The molecular weight excluding hydrogens is 276 g/mol. The second-order valence-corrected chi connectivity index (χ2v) is 5.44. The molecule has 15 heavy (non-hydrogen) atoms. The summed E-state index contributed by atoms with van der Waals surface area (Å²) in [6, 6.07) is 3.87. The van der Waals surface area contributed by atoms with E-state index in [1.165, 1.54) is 12.4 Å². The van der Waals surface area contributed by atoms with E-state index in [1.54, 1.807) is 17.5 Å². The van der Waals surface area contributed by atoms with Crippen LogP contribution in [-0.2, 0) is 6.42 Å². The third-order valence-electron chi connectivity index (χ3n) is 1.81. The summed E-state index contributed by atoms with van der Waals surface area (Å²) in [5.74, 6) is -0.00236. The molecule has 3 nitrogen and oxygen atoms in total. The number of Topliss-reactive ketones (excluding diaryl/α,β-unsaturated/α-hetero) is 1. The molecule has 0 spiro atoms. The fourth-order valence-corrected chi connectivity index (χ4v) is 2.62. The van der Waals surface area contributed by atoms with Gasteiger partial charge in [0.05, 0.1) is 9.98 Å². The number of thiophene rings is 1. The van der Waals surface area contributed by atoms with Crippen LogP contribution < -0.4 is 0 Å². The fraction of sp³-hybridized carbons (Fsp3) is 0.100. The molecule has 0 saturated carbocycles. The Morgan fingerprint density at radius 2 is 2.27 bits per heavy atom. The molecule has 0 fully saturated rings. The summed E-state index contributed by atoms with van der Waals surface area (Å²) in [4.78, 5) is 20.6. The second kappa shape index (κ2) is 4.63. The molecule has 0 radical (unpaired) electrons. The van der Waals surface area contributed by atoms with E-state index in [9.17, 15) is 4.79 Å². The number of ketones is 1. The van der Waals surface area contributed by atoms with Gasteiger partial charge in [-0.1, -0.05) is 0 Å². The summed E-state index contributed by atoms with van der Waals surface area (Å²) >= 11 is 4.92. The minimum atomic E-state index is -0.00236. The molecule has 2 aromatic rings. The maximum Gasteiger partial charge on any atom is 0.187 e. The molecule has 0 N–H and O–H groups in total. The zero-order valence-corrected chi connectivity index (χ0v) is 10.1. The second-order valence-electron chi connectivity index (χ2n) is 2.90. The highest BCUT2D eigenvalue weighted by molar-refractivity contribution is 9.11. The third-order valence-corrected chi connectivity index (χ3v) is 3.44. The number of nitrogens with zero attached hydrogens (tertiary/aromatic N) is 2. The first-order valence-corrected chi connectivity index (χ1v) is 5.90. The zero-order chi connectivity index (χ0) is 10.7. The first-order valence-electron chi connectivity index (χ1n) is 4.29. The van der Waals surface area contributed by atoms with Crippen LogP contribution in [0.3, 0.4) is 0 Å². The van der Waals surface area contributed by atoms with Gasteiger partial charge in [-0.2, -0.15) is 0 Å². The van der Waals surface area contributed by atoms with E-state index in [1.807, 2.05) is 12.1 Å². The summed E-state index contributed by atoms with van der Waals surface area (Å²) < 4.78 is 1.03. The Labute approximate surface area is 99.3 Å². The average Bonchev–Trinajstić information content (AvgIpc) is 2.65. The highest BCUT2D eigenvalue weighted by atomic mass is 79.9. The predicted molar refractivity (Wildman–Crippen MR) is 62.1 cm³/mol. The van der Waals surface area contributed by atoms with Gasteiger partial charge in [-0.05, 0) is 28.1 Å². The minimum absolute atomic E-state index is 0.00236. The van der Waals surface area contributed by atoms with E-state index < -0.39 is 0 Å². The predicted octanol–water partition coefficient (Wildman–Crippen LogP) is 2.73. The van der Waals surface area contributed by atoms with E-state index in [2.05, 4.69) is 25.9 Å². The van der Waals surface area contributed by atoms with Gasteiger partial charge >= 0.3 is 0 Å². The summed E-state index contributed by atoms with van der Waals surface area (Å²) in [6.07, 6.45) is 4.95. The van der Waals surface area contributed by atoms with Crippen molar-refractivity contribution in [1.82, 2.24) is 9.97 Å². The van der Waals surface area contributed by atoms with Gasteiger partial charge in [0.2, 0.25) is 0 Å². The summed E-state index contributed by atoms with van der Waals surface area (Å²) in [7, 11) is 0. The Kier molecular flexibility index (Phi) is 3.23. The minimum Gasteiger partial charge on any atom is -0.292 e. The Hall–Kier alpha value is -1.07. The van der Waals surface area contributed by atoms with Gasteiger partial charge in [0.25, 0.3) is 0 Å². The number of hydrogen-bond donors (Lipinski definition) is 0. The van der Waals surface area contributed by atoms with Crippen molar-refractivity contribution in [1.29, 1.82) is 0 Å². The Balaban J connectivity index is 2.11. The summed E-state index contributed by atoms with van der Waals surface area (Å²) in [5.41, 5.74) is 0.419. The van der Waals surface area contributed by atoms with E-state index in [0.29, 0.717) is 12.1 Å². The SMILES string of the molecule is O=C(Cc1ccc(Br)s1)c1cnccn1. The molecule has 76 valence electrons. The highest BCUT2D eigenvalue weighted by Crippen LogP contribution is 2.22. The highest BCUT2D eigenvalue weighted by Gasteiger charge is 2.09. The molecule has 0 aliphatic heterocycles. The van der Waals surface area contributed by atoms with Gasteiger partial charge in [-0.3, -0.25) is 9.78 Å². The van der Waals surface area contributed by atoms with Crippen molar-refractivity contribution in [3.63, 3.8) is 0 Å². The normalized spacial score (nSPS) is 10.2. The van der Waals surface area contributed by atoms with Crippen molar-refractivity contribution in [3.8, 4) is 0 Å². The molecule has 2 rings (SSSR count). The van der Waals surface area contributed by atoms with Crippen LogP contribution in [-0.4, -0.2) is 15.8 Å². The van der Waals surface area contributed by atoms with Crippen molar-refractivity contribution >= 4 is 33.0 Å². The largest absolute Gasteiger partial charge is 0.292 e. The Bertz CT molecular complexity index is 469. The maximum atomic E-state index is 11.7. The molecule has 0 aliphatic rings. The molecule has 2 heterocycles. The van der Waals surface area contributed by atoms with Crippen LogP contribution in [0.5, 0.6) is 0 Å². The summed E-state index contributed by atoms with van der Waals surface area (Å²) in [6.45, 7) is 0. The first-order chi connectivity index (χ1) is 7.25. The number of carbonyl (C=O) groups excluding carboxylic acids is 1. The number of carbonyl (C=O) groups is 1. The molecule has 0 aromatic carbocycles. The van der Waals surface area contributed by atoms with Crippen LogP contribution in [0.15, 0.2) is 34.5 Å². The molecule has 0 amide bonds. The lowest BCUT2D eigenvalue weighted by Crippen LogP contribution is -2.04. The lowest BCUT2D eigenvalue weighted by molar-refractivity contribution is 0.0988. The monoisotopic (exact) mass is 282 g/mol. The third kappa shape index (κ3) is 2.70. The van der Waals surface area contributed by atoms with Crippen LogP contribution in [0.25, 0.3) is 0 Å². The van der Waals surface area contributed by atoms with Gasteiger partial charge in [0, 0.05) is 23.7 Å². The first kappa shape index (κ1) is 10.4. The molecule has 0 unspecified atom stereocenters. The van der Waals surface area contributed by atoms with Crippen molar-refractivity contribution < 1.29 is 4.79 Å². The Morgan fingerprint density at radius 3 is 2.87 bits per heavy atom. The molecular formula is C10H7BrN2OS. The number of aromatic nitrogens is 2. The molecule has 5 heteroatoms. The van der Waals surface area contributed by atoms with Gasteiger partial charge in [-0.25, -0.2) is 4.98 Å². The van der Waals surface area contributed by atoms with Gasteiger partial charge in [0.1, 0.15) is 5.69 Å². The van der Waals surface area contributed by atoms with Crippen LogP contribution in [0.2, 0.25) is 0 Å². The molecule has 0 bridgehead atoms. The van der Waals surface area contributed by atoms with Crippen molar-refractivity contribution in [2.24, 2.45) is 0 Å². The fourth-order valence-electron chi connectivity index (χ4n) is 1.14. The number of hydrogen-bond acceptors (Lipinski definition) is 4. The van der Waals surface area contributed by atoms with Crippen molar-refractivity contribution in [2.75, 3.05) is 0 Å². The molecule has 0 saturated heterocycles. The van der Waals surface area contributed by atoms with Gasteiger partial charge < -0.3 is 0 Å². The molecule has 0 aliphatic carbocycles.